The van der Waals surface area contributed by atoms with Gasteiger partial charge in [-0.1, -0.05) is 6.07 Å². The second-order valence-electron chi connectivity index (χ2n) is 7.00. The Bertz CT molecular complexity index is 764. The number of aromatic nitrogens is 3. The molecule has 0 spiro atoms. The first kappa shape index (κ1) is 16.1. The van der Waals surface area contributed by atoms with E-state index >= 15 is 0 Å². The summed E-state index contributed by atoms with van der Waals surface area (Å²) < 4.78 is 7.89. The molecule has 0 N–H and O–H groups in total. The fourth-order valence-electron chi connectivity index (χ4n) is 3.36. The molecule has 25 heavy (non-hydrogen) atoms. The van der Waals surface area contributed by atoms with E-state index in [4.69, 9.17) is 4.74 Å². The van der Waals surface area contributed by atoms with Crippen molar-refractivity contribution in [2.45, 2.75) is 51.7 Å². The van der Waals surface area contributed by atoms with Crippen molar-refractivity contribution in [3.63, 3.8) is 0 Å². The minimum absolute atomic E-state index is 0.00433. The summed E-state index contributed by atoms with van der Waals surface area (Å²) in [6, 6.07) is 5.85. The van der Waals surface area contributed by atoms with Gasteiger partial charge in [-0.05, 0) is 38.3 Å². The van der Waals surface area contributed by atoms with Crippen molar-refractivity contribution in [1.29, 1.82) is 0 Å². The molecule has 1 aliphatic heterocycles. The zero-order valence-corrected chi connectivity index (χ0v) is 14.8. The van der Waals surface area contributed by atoms with Crippen LogP contribution < -0.4 is 4.74 Å². The Morgan fingerprint density at radius 2 is 2.16 bits per heavy atom. The fourth-order valence-corrected chi connectivity index (χ4v) is 3.36. The lowest BCUT2D eigenvalue weighted by Crippen LogP contribution is -2.31. The van der Waals surface area contributed by atoms with E-state index in [0.717, 1.165) is 18.5 Å². The Hall–Kier alpha value is -2.37. The third-order valence-electron chi connectivity index (χ3n) is 4.93. The van der Waals surface area contributed by atoms with Crippen molar-refractivity contribution in [2.24, 2.45) is 0 Å². The van der Waals surface area contributed by atoms with Gasteiger partial charge < -0.3 is 9.64 Å². The van der Waals surface area contributed by atoms with E-state index in [1.807, 2.05) is 34.7 Å². The van der Waals surface area contributed by atoms with E-state index in [-0.39, 0.29) is 12.0 Å². The predicted octanol–water partition coefficient (Wildman–Crippen LogP) is 2.78. The monoisotopic (exact) mass is 340 g/mol. The minimum atomic E-state index is -0.00433. The van der Waals surface area contributed by atoms with Crippen LogP contribution in [0.4, 0.5) is 0 Å². The van der Waals surface area contributed by atoms with Gasteiger partial charge in [0.05, 0.1) is 6.54 Å². The molecule has 1 saturated heterocycles. The summed E-state index contributed by atoms with van der Waals surface area (Å²) in [6.45, 7) is 6.17. The third kappa shape index (κ3) is 3.38. The van der Waals surface area contributed by atoms with Gasteiger partial charge in [0.2, 0.25) is 5.88 Å². The molecule has 3 heterocycles. The molecule has 1 atom stereocenters. The molecule has 0 aromatic carbocycles. The largest absolute Gasteiger partial charge is 0.472 e. The fraction of sp³-hybridized carbons (Fsp3) is 0.526. The maximum Gasteiger partial charge on any atom is 0.274 e. The molecule has 6 heteroatoms. The summed E-state index contributed by atoms with van der Waals surface area (Å²) in [5.74, 6) is 1.23. The smallest absolute Gasteiger partial charge is 0.274 e. The number of rotatable bonds is 5. The number of aryl methyl sites for hydroxylation is 2. The van der Waals surface area contributed by atoms with E-state index in [1.165, 1.54) is 18.5 Å². The number of likely N-dealkylation sites (tertiary alicyclic amines) is 1. The van der Waals surface area contributed by atoms with Crippen LogP contribution >= 0.6 is 0 Å². The zero-order valence-electron chi connectivity index (χ0n) is 14.8. The van der Waals surface area contributed by atoms with Gasteiger partial charge in [0.1, 0.15) is 6.10 Å². The van der Waals surface area contributed by atoms with Gasteiger partial charge in [-0.25, -0.2) is 4.98 Å². The number of ether oxygens (including phenoxy) is 1. The van der Waals surface area contributed by atoms with E-state index in [9.17, 15) is 4.79 Å². The first-order chi connectivity index (χ1) is 12.1. The normalized spacial score (nSPS) is 20.1. The van der Waals surface area contributed by atoms with Crippen LogP contribution in [-0.4, -0.2) is 44.8 Å². The van der Waals surface area contributed by atoms with Crippen molar-refractivity contribution < 1.29 is 9.53 Å². The van der Waals surface area contributed by atoms with E-state index in [1.54, 1.807) is 6.20 Å². The van der Waals surface area contributed by atoms with Crippen LogP contribution in [0, 0.1) is 6.92 Å². The molecule has 132 valence electrons. The van der Waals surface area contributed by atoms with Crippen LogP contribution in [-0.2, 0) is 6.54 Å². The molecule has 1 amide bonds. The van der Waals surface area contributed by atoms with Gasteiger partial charge in [-0.2, -0.15) is 5.10 Å². The van der Waals surface area contributed by atoms with Gasteiger partial charge in [0.25, 0.3) is 5.91 Å². The molecule has 1 saturated carbocycles. The predicted molar refractivity (Wildman–Crippen MR) is 93.8 cm³/mol. The Labute approximate surface area is 147 Å². The van der Waals surface area contributed by atoms with Crippen molar-refractivity contribution in [1.82, 2.24) is 19.7 Å². The SMILES string of the molecule is CCn1nc(C(=O)N2CC[C@H](Oc3ccc(C)cn3)C2)cc1C1CC1. The first-order valence-corrected chi connectivity index (χ1v) is 9.10. The highest BCUT2D eigenvalue weighted by molar-refractivity contribution is 5.92. The van der Waals surface area contributed by atoms with Crippen LogP contribution in [0.1, 0.15) is 53.8 Å². The molecule has 2 aromatic rings. The van der Waals surface area contributed by atoms with E-state index < -0.39 is 0 Å². The summed E-state index contributed by atoms with van der Waals surface area (Å²) in [6.07, 6.45) is 5.04. The second-order valence-corrected chi connectivity index (χ2v) is 7.00. The molecule has 2 aromatic heterocycles. The molecule has 0 unspecified atom stereocenters. The number of pyridine rings is 1. The van der Waals surface area contributed by atoms with E-state index in [0.29, 0.717) is 30.6 Å². The highest BCUT2D eigenvalue weighted by Crippen LogP contribution is 2.40. The van der Waals surface area contributed by atoms with Crippen molar-refractivity contribution in [2.75, 3.05) is 13.1 Å². The lowest BCUT2D eigenvalue weighted by atomic mass is 10.2. The average molecular weight is 340 g/mol. The summed E-state index contributed by atoms with van der Waals surface area (Å²) in [5.41, 5.74) is 2.88. The number of hydrogen-bond acceptors (Lipinski definition) is 4. The highest BCUT2D eigenvalue weighted by atomic mass is 16.5. The molecule has 4 rings (SSSR count). The van der Waals surface area contributed by atoms with Gasteiger partial charge >= 0.3 is 0 Å². The van der Waals surface area contributed by atoms with Crippen LogP contribution in [0.15, 0.2) is 24.4 Å². The highest BCUT2D eigenvalue weighted by Gasteiger charge is 2.32. The Kier molecular flexibility index (Phi) is 4.19. The molecule has 0 bridgehead atoms. The van der Waals surface area contributed by atoms with E-state index in [2.05, 4.69) is 17.0 Å². The quantitative estimate of drug-likeness (QED) is 0.840. The molecular weight excluding hydrogens is 316 g/mol. The zero-order chi connectivity index (χ0) is 17.4. The number of hydrogen-bond donors (Lipinski definition) is 0. The topological polar surface area (TPSA) is 60.2 Å². The number of amides is 1. The number of carbonyl (C=O) groups is 1. The molecular formula is C19H24N4O2. The molecule has 0 radical (unpaired) electrons. The maximum atomic E-state index is 12.8. The van der Waals surface area contributed by atoms with Crippen LogP contribution in [0.25, 0.3) is 0 Å². The van der Waals surface area contributed by atoms with Crippen molar-refractivity contribution in [3.05, 3.63) is 41.3 Å². The molecule has 6 nitrogen and oxygen atoms in total. The van der Waals surface area contributed by atoms with Crippen molar-refractivity contribution in [3.8, 4) is 5.88 Å². The number of carbonyl (C=O) groups excluding carboxylic acids is 1. The Balaban J connectivity index is 1.41. The number of nitrogens with zero attached hydrogens (tertiary/aromatic N) is 4. The standard InChI is InChI=1S/C19H24N4O2/c1-3-23-17(14-5-6-14)10-16(21-23)19(24)22-9-8-15(12-22)25-18-7-4-13(2)11-20-18/h4,7,10-11,14-15H,3,5-6,8-9,12H2,1-2H3/t15-/m0/s1. The minimum Gasteiger partial charge on any atom is -0.472 e. The summed E-state index contributed by atoms with van der Waals surface area (Å²) >= 11 is 0. The Morgan fingerprint density at radius 3 is 2.84 bits per heavy atom. The summed E-state index contributed by atoms with van der Waals surface area (Å²) in [5, 5.41) is 4.53. The molecule has 2 fully saturated rings. The third-order valence-corrected chi connectivity index (χ3v) is 4.93. The van der Waals surface area contributed by atoms with Crippen LogP contribution in [0.5, 0.6) is 5.88 Å². The average Bonchev–Trinajstić information content (AvgIpc) is 3.20. The van der Waals surface area contributed by atoms with Gasteiger partial charge in [0, 0.05) is 43.4 Å². The van der Waals surface area contributed by atoms with Crippen LogP contribution in [0.3, 0.4) is 0 Å². The Morgan fingerprint density at radius 1 is 1.32 bits per heavy atom. The van der Waals surface area contributed by atoms with Gasteiger partial charge in [-0.3, -0.25) is 9.48 Å². The summed E-state index contributed by atoms with van der Waals surface area (Å²) in [4.78, 5) is 18.9. The van der Waals surface area contributed by atoms with Crippen molar-refractivity contribution >= 4 is 5.91 Å². The van der Waals surface area contributed by atoms with Crippen LogP contribution in [0.2, 0.25) is 0 Å². The molecule has 2 aliphatic rings. The molecule has 1 aliphatic carbocycles. The first-order valence-electron chi connectivity index (χ1n) is 9.10. The van der Waals surface area contributed by atoms with Gasteiger partial charge in [0.15, 0.2) is 5.69 Å². The lowest BCUT2D eigenvalue weighted by molar-refractivity contribution is 0.0764. The lowest BCUT2D eigenvalue weighted by Gasteiger charge is -2.15. The maximum absolute atomic E-state index is 12.8. The second kappa shape index (κ2) is 6.50. The summed E-state index contributed by atoms with van der Waals surface area (Å²) in [7, 11) is 0. The van der Waals surface area contributed by atoms with Gasteiger partial charge in [-0.15, -0.1) is 0 Å².